The summed E-state index contributed by atoms with van der Waals surface area (Å²) in [6, 6.07) is 10.3. The van der Waals surface area contributed by atoms with Gasteiger partial charge in [0.15, 0.2) is 0 Å². The number of hydrogen-bond donors (Lipinski definition) is 3. The second-order valence-corrected chi connectivity index (χ2v) is 5.56. The van der Waals surface area contributed by atoms with E-state index in [2.05, 4.69) is 20.8 Å². The zero-order valence-electron chi connectivity index (χ0n) is 11.4. The molecular formula is C15H12Cl2N4O. The van der Waals surface area contributed by atoms with E-state index >= 15 is 0 Å². The molecule has 22 heavy (non-hydrogen) atoms. The van der Waals surface area contributed by atoms with Crippen LogP contribution in [-0.4, -0.2) is 16.2 Å². The Balaban J connectivity index is 1.62. The van der Waals surface area contributed by atoms with E-state index in [1.807, 2.05) is 12.1 Å². The van der Waals surface area contributed by atoms with Crippen LogP contribution in [0, 0.1) is 0 Å². The van der Waals surface area contributed by atoms with Crippen LogP contribution in [0.5, 0.6) is 0 Å². The van der Waals surface area contributed by atoms with E-state index in [-0.39, 0.29) is 6.03 Å². The van der Waals surface area contributed by atoms with Crippen molar-refractivity contribution in [2.75, 3.05) is 5.32 Å². The summed E-state index contributed by atoms with van der Waals surface area (Å²) in [6.45, 7) is 0.315. The van der Waals surface area contributed by atoms with E-state index in [0.717, 1.165) is 16.5 Å². The minimum Gasteiger partial charge on any atom is -0.334 e. The zero-order valence-corrected chi connectivity index (χ0v) is 12.9. The lowest BCUT2D eigenvalue weighted by Crippen LogP contribution is -2.28. The van der Waals surface area contributed by atoms with Gasteiger partial charge in [0.2, 0.25) is 0 Å². The first-order chi connectivity index (χ1) is 10.6. The van der Waals surface area contributed by atoms with Crippen LogP contribution in [0.2, 0.25) is 10.0 Å². The van der Waals surface area contributed by atoms with Gasteiger partial charge in [0, 0.05) is 27.7 Å². The summed E-state index contributed by atoms with van der Waals surface area (Å²) in [5, 5.41) is 14.3. The predicted octanol–water partition coefficient (Wildman–Crippen LogP) is 4.19. The highest BCUT2D eigenvalue weighted by atomic mass is 35.5. The molecule has 1 heterocycles. The highest BCUT2D eigenvalue weighted by Crippen LogP contribution is 2.21. The van der Waals surface area contributed by atoms with Gasteiger partial charge >= 0.3 is 6.03 Å². The molecule has 3 aromatic rings. The SMILES string of the molecule is O=C(NCc1ccc(Cl)cc1Cl)Nc1ccc2[nH]ncc2c1. The number of benzene rings is 2. The molecule has 0 saturated carbocycles. The maximum atomic E-state index is 11.9. The molecule has 112 valence electrons. The largest absolute Gasteiger partial charge is 0.334 e. The van der Waals surface area contributed by atoms with Gasteiger partial charge in [-0.25, -0.2) is 4.79 Å². The number of urea groups is 1. The number of carbonyl (C=O) groups excluding carboxylic acids is 1. The molecule has 1 aromatic heterocycles. The highest BCUT2D eigenvalue weighted by molar-refractivity contribution is 6.35. The molecule has 0 atom stereocenters. The average Bonchev–Trinajstić information content (AvgIpc) is 2.94. The van der Waals surface area contributed by atoms with Gasteiger partial charge in [0.1, 0.15) is 0 Å². The van der Waals surface area contributed by atoms with Crippen molar-refractivity contribution in [3.8, 4) is 0 Å². The van der Waals surface area contributed by atoms with Gasteiger partial charge in [-0.3, -0.25) is 5.10 Å². The molecule has 7 heteroatoms. The predicted molar refractivity (Wildman–Crippen MR) is 88.4 cm³/mol. The van der Waals surface area contributed by atoms with Crippen LogP contribution in [0.15, 0.2) is 42.6 Å². The molecule has 0 unspecified atom stereocenters. The van der Waals surface area contributed by atoms with Crippen LogP contribution >= 0.6 is 23.2 Å². The average molecular weight is 335 g/mol. The van der Waals surface area contributed by atoms with Gasteiger partial charge in [-0.15, -0.1) is 0 Å². The van der Waals surface area contributed by atoms with Crippen LogP contribution < -0.4 is 10.6 Å². The Morgan fingerprint density at radius 2 is 2.05 bits per heavy atom. The van der Waals surface area contributed by atoms with Gasteiger partial charge in [-0.05, 0) is 35.9 Å². The first kappa shape index (κ1) is 14.7. The third-order valence-electron chi connectivity index (χ3n) is 3.15. The minimum atomic E-state index is -0.311. The van der Waals surface area contributed by atoms with E-state index in [9.17, 15) is 4.79 Å². The molecule has 3 N–H and O–H groups in total. The van der Waals surface area contributed by atoms with E-state index in [4.69, 9.17) is 23.2 Å². The molecule has 0 aliphatic heterocycles. The van der Waals surface area contributed by atoms with E-state index in [0.29, 0.717) is 22.3 Å². The van der Waals surface area contributed by atoms with Crippen LogP contribution in [0.4, 0.5) is 10.5 Å². The molecule has 0 fully saturated rings. The number of anilines is 1. The Labute approximate surface area is 136 Å². The molecule has 0 aliphatic rings. The molecule has 5 nitrogen and oxygen atoms in total. The molecule has 0 spiro atoms. The smallest absolute Gasteiger partial charge is 0.319 e. The number of aromatic amines is 1. The molecule has 2 aromatic carbocycles. The summed E-state index contributed by atoms with van der Waals surface area (Å²) >= 11 is 11.9. The normalized spacial score (nSPS) is 10.6. The number of carbonyl (C=O) groups is 1. The van der Waals surface area contributed by atoms with Crippen LogP contribution in [-0.2, 0) is 6.54 Å². The van der Waals surface area contributed by atoms with E-state index in [1.54, 1.807) is 30.5 Å². The third kappa shape index (κ3) is 3.32. The lowest BCUT2D eigenvalue weighted by atomic mass is 10.2. The Morgan fingerprint density at radius 1 is 1.18 bits per heavy atom. The summed E-state index contributed by atoms with van der Waals surface area (Å²) < 4.78 is 0. The molecule has 0 radical (unpaired) electrons. The first-order valence-corrected chi connectivity index (χ1v) is 7.29. The number of fused-ring (bicyclic) bond motifs is 1. The van der Waals surface area contributed by atoms with Crippen LogP contribution in [0.3, 0.4) is 0 Å². The van der Waals surface area contributed by atoms with Gasteiger partial charge in [0.05, 0.1) is 11.7 Å². The van der Waals surface area contributed by atoms with Crippen molar-refractivity contribution >= 4 is 45.8 Å². The van der Waals surface area contributed by atoms with Crippen molar-refractivity contribution in [1.82, 2.24) is 15.5 Å². The van der Waals surface area contributed by atoms with Gasteiger partial charge in [-0.2, -0.15) is 5.10 Å². The molecule has 3 rings (SSSR count). The fourth-order valence-corrected chi connectivity index (χ4v) is 2.51. The summed E-state index contributed by atoms with van der Waals surface area (Å²) in [6.07, 6.45) is 1.70. The number of amides is 2. The monoisotopic (exact) mass is 334 g/mol. The lowest BCUT2D eigenvalue weighted by molar-refractivity contribution is 0.252. The summed E-state index contributed by atoms with van der Waals surface area (Å²) in [4.78, 5) is 11.9. The fourth-order valence-electron chi connectivity index (χ4n) is 2.04. The minimum absolute atomic E-state index is 0.311. The van der Waals surface area contributed by atoms with Crippen LogP contribution in [0.1, 0.15) is 5.56 Å². The number of aromatic nitrogens is 2. The number of nitrogens with zero attached hydrogens (tertiary/aromatic N) is 1. The number of halogens is 2. The zero-order chi connectivity index (χ0) is 15.5. The van der Waals surface area contributed by atoms with Gasteiger partial charge in [0.25, 0.3) is 0 Å². The maximum absolute atomic E-state index is 11.9. The number of nitrogens with one attached hydrogen (secondary N) is 3. The van der Waals surface area contributed by atoms with Crippen molar-refractivity contribution in [1.29, 1.82) is 0 Å². The Hall–Kier alpha value is -2.24. The summed E-state index contributed by atoms with van der Waals surface area (Å²) in [5.74, 6) is 0. The number of rotatable bonds is 3. The molecule has 0 aliphatic carbocycles. The van der Waals surface area contributed by atoms with Gasteiger partial charge in [-0.1, -0.05) is 29.3 Å². The van der Waals surface area contributed by atoms with Crippen molar-refractivity contribution in [3.05, 3.63) is 58.2 Å². The standard InChI is InChI=1S/C15H12Cl2N4O/c16-11-2-1-9(13(17)6-11)7-18-15(22)20-12-3-4-14-10(5-12)8-19-21-14/h1-6,8H,7H2,(H,19,21)(H2,18,20,22). The van der Waals surface area contributed by atoms with Crippen molar-refractivity contribution < 1.29 is 4.79 Å². The number of H-pyrrole nitrogens is 1. The second kappa shape index (κ2) is 6.25. The first-order valence-electron chi connectivity index (χ1n) is 6.54. The molecule has 0 bridgehead atoms. The quantitative estimate of drug-likeness (QED) is 0.672. The lowest BCUT2D eigenvalue weighted by Gasteiger charge is -2.09. The third-order valence-corrected chi connectivity index (χ3v) is 3.74. The Bertz CT molecular complexity index is 831. The Morgan fingerprint density at radius 3 is 2.86 bits per heavy atom. The highest BCUT2D eigenvalue weighted by Gasteiger charge is 2.06. The summed E-state index contributed by atoms with van der Waals surface area (Å²) in [5.41, 5.74) is 2.40. The van der Waals surface area contributed by atoms with Gasteiger partial charge < -0.3 is 10.6 Å². The second-order valence-electron chi connectivity index (χ2n) is 4.72. The summed E-state index contributed by atoms with van der Waals surface area (Å²) in [7, 11) is 0. The van der Waals surface area contributed by atoms with Crippen molar-refractivity contribution in [2.24, 2.45) is 0 Å². The number of hydrogen-bond acceptors (Lipinski definition) is 2. The fraction of sp³-hybridized carbons (Fsp3) is 0.0667. The molecule has 0 saturated heterocycles. The molecular weight excluding hydrogens is 323 g/mol. The topological polar surface area (TPSA) is 69.8 Å². The van der Waals surface area contributed by atoms with Crippen molar-refractivity contribution in [3.63, 3.8) is 0 Å². The molecule has 2 amide bonds. The van der Waals surface area contributed by atoms with E-state index in [1.165, 1.54) is 0 Å². The van der Waals surface area contributed by atoms with E-state index < -0.39 is 0 Å². The Kier molecular flexibility index (Phi) is 4.18. The van der Waals surface area contributed by atoms with Crippen molar-refractivity contribution in [2.45, 2.75) is 6.54 Å². The van der Waals surface area contributed by atoms with Crippen LogP contribution in [0.25, 0.3) is 10.9 Å². The maximum Gasteiger partial charge on any atom is 0.319 e.